The SMILES string of the molecule is CC(C)CC(=O)NCCNc1nc(-c2ccc(F)cc2)nc2cc(Cl)ccc12. The topological polar surface area (TPSA) is 66.9 Å². The van der Waals surface area contributed by atoms with Gasteiger partial charge in [0.25, 0.3) is 0 Å². The van der Waals surface area contributed by atoms with E-state index in [1.807, 2.05) is 19.9 Å². The summed E-state index contributed by atoms with van der Waals surface area (Å²) in [5.74, 6) is 1.15. The standard InChI is InChI=1S/C21H22ClFN4O/c1-13(2)11-19(28)24-9-10-25-21-17-8-5-15(22)12-18(17)26-20(27-21)14-3-6-16(23)7-4-14/h3-8,12-13H,9-11H2,1-2H3,(H,24,28)(H,25,26,27). The van der Waals surface area contributed by atoms with Crippen molar-refractivity contribution in [1.82, 2.24) is 15.3 Å². The van der Waals surface area contributed by atoms with Crippen molar-refractivity contribution in [3.63, 3.8) is 0 Å². The van der Waals surface area contributed by atoms with Crippen molar-refractivity contribution in [2.75, 3.05) is 18.4 Å². The summed E-state index contributed by atoms with van der Waals surface area (Å²) in [4.78, 5) is 20.9. The molecule has 0 radical (unpaired) electrons. The molecule has 0 fully saturated rings. The number of halogens is 2. The predicted octanol–water partition coefficient (Wildman–Crippen LogP) is 4.66. The zero-order chi connectivity index (χ0) is 20.1. The second-order valence-corrected chi connectivity index (χ2v) is 7.38. The molecule has 3 rings (SSSR count). The first kappa shape index (κ1) is 20.0. The van der Waals surface area contributed by atoms with E-state index >= 15 is 0 Å². The first-order valence-electron chi connectivity index (χ1n) is 9.16. The van der Waals surface area contributed by atoms with Crippen molar-refractivity contribution in [3.05, 3.63) is 53.3 Å². The second kappa shape index (κ2) is 8.97. The first-order chi connectivity index (χ1) is 13.4. The van der Waals surface area contributed by atoms with Crippen molar-refractivity contribution in [2.45, 2.75) is 20.3 Å². The van der Waals surface area contributed by atoms with Gasteiger partial charge < -0.3 is 10.6 Å². The van der Waals surface area contributed by atoms with Crippen LogP contribution in [-0.2, 0) is 4.79 Å². The molecule has 0 unspecified atom stereocenters. The van der Waals surface area contributed by atoms with Gasteiger partial charge in [-0.1, -0.05) is 25.4 Å². The van der Waals surface area contributed by atoms with Crippen LogP contribution in [0.5, 0.6) is 0 Å². The van der Waals surface area contributed by atoms with Crippen molar-refractivity contribution in [3.8, 4) is 11.4 Å². The van der Waals surface area contributed by atoms with Crippen LogP contribution in [0.25, 0.3) is 22.3 Å². The molecule has 0 saturated heterocycles. The van der Waals surface area contributed by atoms with Gasteiger partial charge in [-0.15, -0.1) is 0 Å². The fourth-order valence-corrected chi connectivity index (χ4v) is 2.96. The van der Waals surface area contributed by atoms with Crippen molar-refractivity contribution >= 4 is 34.2 Å². The van der Waals surface area contributed by atoms with Gasteiger partial charge in [0.2, 0.25) is 5.91 Å². The molecular weight excluding hydrogens is 379 g/mol. The molecular formula is C21H22ClFN4O. The Labute approximate surface area is 168 Å². The van der Waals surface area contributed by atoms with E-state index in [1.54, 1.807) is 24.3 Å². The van der Waals surface area contributed by atoms with Gasteiger partial charge in [0.1, 0.15) is 11.6 Å². The van der Waals surface area contributed by atoms with Crippen LogP contribution < -0.4 is 10.6 Å². The van der Waals surface area contributed by atoms with E-state index in [-0.39, 0.29) is 11.7 Å². The summed E-state index contributed by atoms with van der Waals surface area (Å²) in [6, 6.07) is 11.4. The minimum Gasteiger partial charge on any atom is -0.368 e. The summed E-state index contributed by atoms with van der Waals surface area (Å²) in [7, 11) is 0. The van der Waals surface area contributed by atoms with Gasteiger partial charge in [-0.25, -0.2) is 14.4 Å². The predicted molar refractivity (Wildman–Crippen MR) is 111 cm³/mol. The number of nitrogens with one attached hydrogen (secondary N) is 2. The molecule has 3 aromatic rings. The molecule has 0 aliphatic heterocycles. The number of hydrogen-bond donors (Lipinski definition) is 2. The van der Waals surface area contributed by atoms with Crippen LogP contribution in [0.2, 0.25) is 5.02 Å². The maximum atomic E-state index is 13.2. The van der Waals surface area contributed by atoms with E-state index in [0.29, 0.717) is 53.2 Å². The number of amides is 1. The van der Waals surface area contributed by atoms with Gasteiger partial charge >= 0.3 is 0 Å². The Morgan fingerprint density at radius 3 is 2.57 bits per heavy atom. The zero-order valence-electron chi connectivity index (χ0n) is 15.8. The van der Waals surface area contributed by atoms with E-state index in [0.717, 1.165) is 5.39 Å². The van der Waals surface area contributed by atoms with Crippen LogP contribution in [0.15, 0.2) is 42.5 Å². The summed E-state index contributed by atoms with van der Waals surface area (Å²) in [5.41, 5.74) is 1.39. The summed E-state index contributed by atoms with van der Waals surface area (Å²) < 4.78 is 13.2. The Morgan fingerprint density at radius 1 is 1.11 bits per heavy atom. The molecule has 0 atom stereocenters. The molecule has 5 nitrogen and oxygen atoms in total. The quantitative estimate of drug-likeness (QED) is 0.566. The van der Waals surface area contributed by atoms with Gasteiger partial charge in [0, 0.05) is 35.5 Å². The summed E-state index contributed by atoms with van der Waals surface area (Å²) in [6.07, 6.45) is 0.504. The van der Waals surface area contributed by atoms with Gasteiger partial charge in [0.15, 0.2) is 5.82 Å². The Hall–Kier alpha value is -2.73. The molecule has 2 N–H and O–H groups in total. The molecule has 0 bridgehead atoms. The third kappa shape index (κ3) is 5.16. The lowest BCUT2D eigenvalue weighted by atomic mass is 10.1. The molecule has 1 heterocycles. The maximum Gasteiger partial charge on any atom is 0.220 e. The van der Waals surface area contributed by atoms with Crippen molar-refractivity contribution < 1.29 is 9.18 Å². The number of fused-ring (bicyclic) bond motifs is 1. The number of aromatic nitrogens is 2. The number of rotatable bonds is 7. The fraction of sp³-hybridized carbons (Fsp3) is 0.286. The lowest BCUT2D eigenvalue weighted by Crippen LogP contribution is -2.29. The number of benzene rings is 2. The van der Waals surface area contributed by atoms with E-state index in [1.165, 1.54) is 12.1 Å². The number of anilines is 1. The van der Waals surface area contributed by atoms with Gasteiger partial charge in [0.05, 0.1) is 5.52 Å². The fourth-order valence-electron chi connectivity index (χ4n) is 2.79. The maximum absolute atomic E-state index is 13.2. The van der Waals surface area contributed by atoms with Crippen LogP contribution >= 0.6 is 11.6 Å². The van der Waals surface area contributed by atoms with Crippen LogP contribution in [-0.4, -0.2) is 29.0 Å². The highest BCUT2D eigenvalue weighted by Crippen LogP contribution is 2.27. The molecule has 0 aliphatic rings. The minimum atomic E-state index is -0.317. The lowest BCUT2D eigenvalue weighted by Gasteiger charge is -2.12. The smallest absolute Gasteiger partial charge is 0.220 e. The zero-order valence-corrected chi connectivity index (χ0v) is 16.6. The first-order valence-corrected chi connectivity index (χ1v) is 9.54. The molecule has 28 heavy (non-hydrogen) atoms. The number of nitrogens with zero attached hydrogens (tertiary/aromatic N) is 2. The van der Waals surface area contributed by atoms with Crippen LogP contribution in [0.4, 0.5) is 10.2 Å². The Bertz CT molecular complexity index is 976. The van der Waals surface area contributed by atoms with E-state index in [9.17, 15) is 9.18 Å². The summed E-state index contributed by atoms with van der Waals surface area (Å²) >= 11 is 6.12. The summed E-state index contributed by atoms with van der Waals surface area (Å²) in [6.45, 7) is 5.01. The average Bonchev–Trinajstić information content (AvgIpc) is 2.64. The molecule has 0 spiro atoms. The minimum absolute atomic E-state index is 0.0307. The summed E-state index contributed by atoms with van der Waals surface area (Å²) in [5, 5.41) is 7.54. The van der Waals surface area contributed by atoms with Gasteiger partial charge in [-0.2, -0.15) is 0 Å². The third-order valence-corrected chi connectivity index (χ3v) is 4.33. The van der Waals surface area contributed by atoms with E-state index in [2.05, 4.69) is 20.6 Å². The number of carbonyl (C=O) groups excluding carboxylic acids is 1. The molecule has 0 saturated carbocycles. The Morgan fingerprint density at radius 2 is 1.86 bits per heavy atom. The highest BCUT2D eigenvalue weighted by Gasteiger charge is 2.11. The monoisotopic (exact) mass is 400 g/mol. The van der Waals surface area contributed by atoms with Gasteiger partial charge in [-0.3, -0.25) is 4.79 Å². The Balaban J connectivity index is 1.81. The van der Waals surface area contributed by atoms with Crippen molar-refractivity contribution in [1.29, 1.82) is 0 Å². The number of carbonyl (C=O) groups is 1. The molecule has 2 aromatic carbocycles. The van der Waals surface area contributed by atoms with Gasteiger partial charge in [-0.05, 0) is 48.4 Å². The van der Waals surface area contributed by atoms with Crippen LogP contribution in [0.1, 0.15) is 20.3 Å². The third-order valence-electron chi connectivity index (χ3n) is 4.09. The highest BCUT2D eigenvalue weighted by atomic mass is 35.5. The molecule has 146 valence electrons. The van der Waals surface area contributed by atoms with Crippen LogP contribution in [0, 0.1) is 11.7 Å². The average molecular weight is 401 g/mol. The Kier molecular flexibility index (Phi) is 6.41. The molecule has 0 aliphatic carbocycles. The van der Waals surface area contributed by atoms with Crippen LogP contribution in [0.3, 0.4) is 0 Å². The highest BCUT2D eigenvalue weighted by molar-refractivity contribution is 6.31. The largest absolute Gasteiger partial charge is 0.368 e. The van der Waals surface area contributed by atoms with E-state index < -0.39 is 0 Å². The second-order valence-electron chi connectivity index (χ2n) is 6.94. The normalized spacial score (nSPS) is 11.0. The lowest BCUT2D eigenvalue weighted by molar-refractivity contribution is -0.121. The number of hydrogen-bond acceptors (Lipinski definition) is 4. The van der Waals surface area contributed by atoms with Crippen molar-refractivity contribution in [2.24, 2.45) is 5.92 Å². The molecule has 1 amide bonds. The van der Waals surface area contributed by atoms with E-state index in [4.69, 9.17) is 11.6 Å². The molecule has 7 heteroatoms. The molecule has 1 aromatic heterocycles.